The lowest BCUT2D eigenvalue weighted by atomic mass is 9.52. The first-order valence-corrected chi connectivity index (χ1v) is 15.1. The number of ether oxygens (including phenoxy) is 1. The third-order valence-corrected chi connectivity index (χ3v) is 10.1. The normalized spacial score (nSPS) is 39.7. The number of para-hydroxylation sites is 1. The van der Waals surface area contributed by atoms with Crippen LogP contribution in [0.25, 0.3) is 0 Å². The predicted molar refractivity (Wildman–Crippen MR) is 151 cm³/mol. The fourth-order valence-electron chi connectivity index (χ4n) is 8.44. The van der Waals surface area contributed by atoms with Crippen molar-refractivity contribution in [1.82, 2.24) is 5.32 Å². The molecule has 0 spiro atoms. The molecule has 1 aliphatic heterocycles. The highest BCUT2D eigenvalue weighted by atomic mass is 16.5. The molecule has 36 heavy (non-hydrogen) atoms. The summed E-state index contributed by atoms with van der Waals surface area (Å²) in [6.45, 7) is 21.1. The molecule has 1 heterocycles. The summed E-state index contributed by atoms with van der Waals surface area (Å²) in [5, 5.41) is 16.7. The van der Waals surface area contributed by atoms with Crippen LogP contribution in [0.5, 0.6) is 5.75 Å². The van der Waals surface area contributed by atoms with Crippen molar-refractivity contribution in [1.29, 1.82) is 0 Å². The minimum atomic E-state index is -0.584. The molecule has 8 atom stereocenters. The zero-order valence-corrected chi connectivity index (χ0v) is 24.7. The van der Waals surface area contributed by atoms with Crippen molar-refractivity contribution in [3.8, 4) is 5.75 Å². The first kappa shape index (κ1) is 28.0. The Bertz CT molecular complexity index is 839. The number of hydrogen-bond donors (Lipinski definition) is 2. The van der Waals surface area contributed by atoms with Crippen LogP contribution in [-0.4, -0.2) is 22.4 Å². The van der Waals surface area contributed by atoms with Gasteiger partial charge >= 0.3 is 0 Å². The van der Waals surface area contributed by atoms with E-state index in [9.17, 15) is 5.11 Å². The third kappa shape index (κ3) is 5.26. The first-order chi connectivity index (χ1) is 16.8. The molecule has 2 N–H and O–H groups in total. The summed E-state index contributed by atoms with van der Waals surface area (Å²) in [7, 11) is 0. The van der Waals surface area contributed by atoms with Crippen LogP contribution in [0, 0.1) is 47.3 Å². The smallest absolute Gasteiger partial charge is 0.143 e. The molecular formula is C33H55NO2. The van der Waals surface area contributed by atoms with Crippen molar-refractivity contribution >= 4 is 0 Å². The average Bonchev–Trinajstić information content (AvgIpc) is 2.79. The van der Waals surface area contributed by atoms with Gasteiger partial charge in [0.1, 0.15) is 17.5 Å². The van der Waals surface area contributed by atoms with Crippen molar-refractivity contribution in [2.24, 2.45) is 47.3 Å². The summed E-state index contributed by atoms with van der Waals surface area (Å²) < 4.78 is 7.42. The lowest BCUT2D eigenvalue weighted by molar-refractivity contribution is -0.204. The van der Waals surface area contributed by atoms with Crippen LogP contribution in [0.15, 0.2) is 24.3 Å². The Morgan fingerprint density at radius 3 is 1.83 bits per heavy atom. The highest BCUT2D eigenvalue weighted by molar-refractivity contribution is 5.41. The Kier molecular flexibility index (Phi) is 8.23. The molecule has 3 heteroatoms. The molecule has 0 aromatic heterocycles. The monoisotopic (exact) mass is 497 g/mol. The van der Waals surface area contributed by atoms with Crippen LogP contribution >= 0.6 is 0 Å². The number of aliphatic hydroxyl groups is 1. The molecule has 0 saturated heterocycles. The molecular weight excluding hydrogens is 442 g/mol. The topological polar surface area (TPSA) is 41.5 Å². The molecule has 3 aliphatic rings. The minimum Gasteiger partial charge on any atom is -0.484 e. The Hall–Kier alpha value is -1.06. The number of aliphatic hydroxyl groups excluding tert-OH is 1. The van der Waals surface area contributed by atoms with E-state index in [0.717, 1.165) is 24.2 Å². The van der Waals surface area contributed by atoms with E-state index in [0.29, 0.717) is 47.3 Å². The van der Waals surface area contributed by atoms with Crippen LogP contribution in [0.1, 0.15) is 112 Å². The Morgan fingerprint density at radius 1 is 0.861 bits per heavy atom. The standard InChI is InChI=1S/C33H55NO2/c1-20(2)24-16-14-22(5)18-27(24)33(28-19-23(6)15-17-25(28)21(3)4)31(35)30(34-32(7,8)9)26-12-10-11-13-29(26)36-33/h10-13,20-25,27-28,30-31,34-35H,14-19H2,1-9H3/t22?,23?,24?,25?,27?,28?,30-,31+,33?/m0/s1. The number of benzene rings is 1. The predicted octanol–water partition coefficient (Wildman–Crippen LogP) is 8.02. The first-order valence-electron chi connectivity index (χ1n) is 15.1. The van der Waals surface area contributed by atoms with E-state index in [1.807, 2.05) is 0 Å². The van der Waals surface area contributed by atoms with Gasteiger partial charge in [0, 0.05) is 22.9 Å². The third-order valence-electron chi connectivity index (χ3n) is 10.1. The van der Waals surface area contributed by atoms with Gasteiger partial charge in [0.25, 0.3) is 0 Å². The van der Waals surface area contributed by atoms with E-state index >= 15 is 0 Å². The molecule has 2 fully saturated rings. The van der Waals surface area contributed by atoms with Gasteiger partial charge in [-0.15, -0.1) is 0 Å². The number of nitrogens with one attached hydrogen (secondary N) is 1. The fourth-order valence-corrected chi connectivity index (χ4v) is 8.44. The lowest BCUT2D eigenvalue weighted by Gasteiger charge is -2.61. The summed E-state index contributed by atoms with van der Waals surface area (Å²) in [6.07, 6.45) is 6.80. The molecule has 0 amide bonds. The number of hydrogen-bond acceptors (Lipinski definition) is 3. The Balaban J connectivity index is 1.95. The molecule has 6 unspecified atom stereocenters. The highest BCUT2D eigenvalue weighted by Gasteiger charge is 2.63. The van der Waals surface area contributed by atoms with E-state index in [1.54, 1.807) is 0 Å². The van der Waals surface area contributed by atoms with Crippen molar-refractivity contribution in [2.45, 2.75) is 124 Å². The highest BCUT2D eigenvalue weighted by Crippen LogP contribution is 2.59. The van der Waals surface area contributed by atoms with E-state index in [4.69, 9.17) is 4.74 Å². The zero-order chi connectivity index (χ0) is 26.4. The maximum Gasteiger partial charge on any atom is 0.143 e. The largest absolute Gasteiger partial charge is 0.484 e. The van der Waals surface area contributed by atoms with Gasteiger partial charge in [0.2, 0.25) is 0 Å². The van der Waals surface area contributed by atoms with Crippen LogP contribution in [0.2, 0.25) is 0 Å². The Morgan fingerprint density at radius 2 is 1.36 bits per heavy atom. The van der Waals surface area contributed by atoms with E-state index in [-0.39, 0.29) is 11.6 Å². The van der Waals surface area contributed by atoms with Crippen LogP contribution in [-0.2, 0) is 0 Å². The van der Waals surface area contributed by atoms with Crippen LogP contribution in [0.3, 0.4) is 0 Å². The second-order valence-corrected chi connectivity index (χ2v) is 14.7. The maximum atomic E-state index is 12.8. The van der Waals surface area contributed by atoms with Gasteiger partial charge in [-0.05, 0) is 88.0 Å². The molecule has 0 bridgehead atoms. The number of rotatable bonds is 5. The van der Waals surface area contributed by atoms with Gasteiger partial charge < -0.3 is 15.2 Å². The quantitative estimate of drug-likeness (QED) is 0.433. The van der Waals surface area contributed by atoms with E-state index in [2.05, 4.69) is 91.9 Å². The molecule has 0 radical (unpaired) electrons. The summed E-state index contributed by atoms with van der Waals surface area (Å²) in [6, 6.07) is 8.41. The Labute approximate surface area is 222 Å². The van der Waals surface area contributed by atoms with Crippen LogP contribution < -0.4 is 10.1 Å². The van der Waals surface area contributed by atoms with Gasteiger partial charge in [0.05, 0.1) is 6.04 Å². The molecule has 204 valence electrons. The van der Waals surface area contributed by atoms with Crippen LogP contribution in [0.4, 0.5) is 0 Å². The van der Waals surface area contributed by atoms with Gasteiger partial charge in [-0.1, -0.05) is 72.6 Å². The van der Waals surface area contributed by atoms with Gasteiger partial charge in [-0.3, -0.25) is 0 Å². The number of fused-ring (bicyclic) bond motifs is 1. The van der Waals surface area contributed by atoms with Gasteiger partial charge in [-0.25, -0.2) is 0 Å². The summed E-state index contributed by atoms with van der Waals surface area (Å²) in [4.78, 5) is 0. The zero-order valence-electron chi connectivity index (χ0n) is 24.7. The minimum absolute atomic E-state index is 0.115. The van der Waals surface area contributed by atoms with Crippen molar-refractivity contribution in [3.05, 3.63) is 29.8 Å². The fraction of sp³-hybridized carbons (Fsp3) is 0.818. The second kappa shape index (κ2) is 10.6. The molecule has 1 aromatic rings. The maximum absolute atomic E-state index is 12.8. The molecule has 1 aromatic carbocycles. The van der Waals surface area contributed by atoms with Gasteiger partial charge in [-0.2, -0.15) is 0 Å². The van der Waals surface area contributed by atoms with Gasteiger partial charge in [0.15, 0.2) is 0 Å². The van der Waals surface area contributed by atoms with Crippen molar-refractivity contribution < 1.29 is 9.84 Å². The molecule has 2 aliphatic carbocycles. The van der Waals surface area contributed by atoms with E-state index < -0.39 is 11.7 Å². The average molecular weight is 498 g/mol. The molecule has 4 rings (SSSR count). The molecule has 3 nitrogen and oxygen atoms in total. The molecule has 2 saturated carbocycles. The van der Waals surface area contributed by atoms with E-state index in [1.165, 1.54) is 25.7 Å². The lowest BCUT2D eigenvalue weighted by Crippen LogP contribution is -2.69. The summed E-state index contributed by atoms with van der Waals surface area (Å²) in [5.74, 6) is 5.34. The summed E-state index contributed by atoms with van der Waals surface area (Å²) in [5.41, 5.74) is 0.423. The SMILES string of the molecule is CC1CCC(C(C)C)C(C2(C3CC(C)CCC3C(C)C)Oc3ccccc3[C@H](NC(C)(C)C)[C@H]2O)C1. The summed E-state index contributed by atoms with van der Waals surface area (Å²) >= 11 is 0. The van der Waals surface area contributed by atoms with Crippen molar-refractivity contribution in [3.63, 3.8) is 0 Å². The van der Waals surface area contributed by atoms with Crippen molar-refractivity contribution in [2.75, 3.05) is 0 Å². The second-order valence-electron chi connectivity index (χ2n) is 14.7.